The van der Waals surface area contributed by atoms with Gasteiger partial charge in [0.15, 0.2) is 0 Å². The Morgan fingerprint density at radius 3 is 1.63 bits per heavy atom. The van der Waals surface area contributed by atoms with Crippen molar-refractivity contribution in [2.24, 2.45) is 11.8 Å². The largest absolute Gasteiger partial charge is 0.496 e. The molecule has 0 unspecified atom stereocenters. The molecule has 1 aliphatic heterocycles. The van der Waals surface area contributed by atoms with Gasteiger partial charge in [0.2, 0.25) is 0 Å². The van der Waals surface area contributed by atoms with Crippen LogP contribution in [0.4, 0.5) is 0 Å². The van der Waals surface area contributed by atoms with Gasteiger partial charge in [-0.15, -0.1) is 0 Å². The first-order valence-electron chi connectivity index (χ1n) is 10.8. The fourth-order valence-corrected chi connectivity index (χ4v) is 5.79. The van der Waals surface area contributed by atoms with E-state index in [9.17, 15) is 5.11 Å². The minimum absolute atomic E-state index is 0.00818. The van der Waals surface area contributed by atoms with Gasteiger partial charge in [-0.05, 0) is 6.07 Å². The highest BCUT2D eigenvalue weighted by Crippen LogP contribution is 2.51. The number of aliphatic hydroxyl groups is 1. The summed E-state index contributed by atoms with van der Waals surface area (Å²) in [7, 11) is 3.95. The average molecular weight is 403 g/mol. The Morgan fingerprint density at radius 2 is 1.17 bits per heavy atom. The molecule has 3 aromatic rings. The number of piperidine rings is 1. The van der Waals surface area contributed by atoms with Gasteiger partial charge in [-0.25, -0.2) is 0 Å². The van der Waals surface area contributed by atoms with E-state index in [1.807, 2.05) is 24.3 Å². The molecule has 3 nitrogen and oxygen atoms in total. The molecule has 0 radical (unpaired) electrons. The number of hydrogen-bond donors (Lipinski definition) is 2. The van der Waals surface area contributed by atoms with E-state index in [4.69, 9.17) is 4.74 Å². The third-order valence-electron chi connectivity index (χ3n) is 7.23. The molecule has 1 fully saturated rings. The smallest absolute Gasteiger partial charge is 0.124 e. The molecule has 1 heterocycles. The van der Waals surface area contributed by atoms with E-state index in [0.717, 1.165) is 11.3 Å². The van der Waals surface area contributed by atoms with Crippen LogP contribution in [0.15, 0.2) is 84.9 Å². The highest BCUT2D eigenvalue weighted by atomic mass is 16.5. The van der Waals surface area contributed by atoms with Crippen molar-refractivity contribution >= 4 is 0 Å². The van der Waals surface area contributed by atoms with Crippen LogP contribution in [0.1, 0.15) is 42.6 Å². The van der Waals surface area contributed by atoms with Gasteiger partial charge in [0.05, 0.1) is 14.2 Å². The third-order valence-corrected chi connectivity index (χ3v) is 7.23. The van der Waals surface area contributed by atoms with E-state index in [1.54, 1.807) is 7.11 Å². The van der Waals surface area contributed by atoms with Gasteiger partial charge in [0.1, 0.15) is 23.4 Å². The Labute approximate surface area is 179 Å². The molecule has 2 N–H and O–H groups in total. The van der Waals surface area contributed by atoms with E-state index >= 15 is 0 Å². The lowest BCUT2D eigenvalue weighted by molar-refractivity contribution is -0.962. The van der Waals surface area contributed by atoms with Crippen LogP contribution < -0.4 is 9.64 Å². The quantitative estimate of drug-likeness (QED) is 0.687. The summed E-state index contributed by atoms with van der Waals surface area (Å²) in [6.45, 7) is 4.37. The van der Waals surface area contributed by atoms with Crippen molar-refractivity contribution < 1.29 is 14.7 Å². The van der Waals surface area contributed by atoms with Gasteiger partial charge in [-0.1, -0.05) is 92.7 Å². The summed E-state index contributed by atoms with van der Waals surface area (Å²) in [6, 6.07) is 29.4. The van der Waals surface area contributed by atoms with Crippen LogP contribution in [0.3, 0.4) is 0 Å². The lowest BCUT2D eigenvalue weighted by atomic mass is 9.62. The number of rotatable bonds is 4. The minimum atomic E-state index is -1.03. The summed E-state index contributed by atoms with van der Waals surface area (Å²) in [6.07, 6.45) is 0. The first-order valence-corrected chi connectivity index (χ1v) is 10.8. The minimum Gasteiger partial charge on any atom is -0.496 e. The molecular formula is C27H32NO2+. The second-order valence-corrected chi connectivity index (χ2v) is 8.62. The zero-order chi connectivity index (χ0) is 21.3. The normalized spacial score (nSPS) is 31.3. The standard InChI is InChI=1S/C27H31NO2/c1-19-25(21-13-7-5-8-14-21)28(3)26(22-15-9-6-10-16-22)20(2)27(19,29)23-17-11-12-18-24(23)30-4/h5-20,25-26,29H,1-4H3/p+1/t19-,20-,25-,26-/m0/s1. The lowest BCUT2D eigenvalue weighted by Gasteiger charge is -2.53. The lowest BCUT2D eigenvalue weighted by Crippen LogP contribution is -3.13. The number of likely N-dealkylation sites (tertiary alicyclic amines) is 1. The number of quaternary nitrogens is 1. The van der Waals surface area contributed by atoms with Crippen molar-refractivity contribution in [1.29, 1.82) is 0 Å². The Bertz CT molecular complexity index is 919. The highest BCUT2D eigenvalue weighted by Gasteiger charge is 2.58. The molecular weight excluding hydrogens is 370 g/mol. The molecule has 1 aliphatic rings. The van der Waals surface area contributed by atoms with Gasteiger partial charge in [-0.3, -0.25) is 0 Å². The van der Waals surface area contributed by atoms with E-state index in [1.165, 1.54) is 16.0 Å². The van der Waals surface area contributed by atoms with Crippen molar-refractivity contribution in [3.05, 3.63) is 102 Å². The van der Waals surface area contributed by atoms with Crippen molar-refractivity contribution in [2.75, 3.05) is 14.2 Å². The molecule has 0 bridgehead atoms. The maximum absolute atomic E-state index is 12.5. The molecule has 3 heteroatoms. The van der Waals surface area contributed by atoms with Crippen LogP contribution in [-0.4, -0.2) is 19.3 Å². The number of hydrogen-bond acceptors (Lipinski definition) is 2. The fraction of sp³-hybridized carbons (Fsp3) is 0.333. The zero-order valence-corrected chi connectivity index (χ0v) is 18.2. The maximum atomic E-state index is 12.5. The predicted molar refractivity (Wildman–Crippen MR) is 120 cm³/mol. The SMILES string of the molecule is COc1ccccc1C1(O)[C@@H](C)[C@@H](c2ccccc2)[NH+](C)[C@H](c2ccccc2)[C@@H]1C. The Balaban J connectivity index is 1.93. The number of benzene rings is 3. The number of ether oxygens (including phenoxy) is 1. The van der Waals surface area contributed by atoms with Gasteiger partial charge in [0, 0.05) is 28.5 Å². The van der Waals surface area contributed by atoms with E-state index in [2.05, 4.69) is 81.6 Å². The Morgan fingerprint density at radius 1 is 0.733 bits per heavy atom. The molecule has 30 heavy (non-hydrogen) atoms. The molecule has 4 rings (SSSR count). The van der Waals surface area contributed by atoms with Crippen molar-refractivity contribution in [3.8, 4) is 5.75 Å². The van der Waals surface area contributed by atoms with Crippen LogP contribution in [0.25, 0.3) is 0 Å². The molecule has 0 amide bonds. The number of para-hydroxylation sites is 1. The van der Waals surface area contributed by atoms with Crippen molar-refractivity contribution in [2.45, 2.75) is 31.5 Å². The summed E-state index contributed by atoms with van der Waals surface area (Å²) in [5.74, 6) is 0.731. The Hall–Kier alpha value is -2.62. The topological polar surface area (TPSA) is 33.9 Å². The summed E-state index contributed by atoms with van der Waals surface area (Å²) in [4.78, 5) is 1.41. The molecule has 3 aromatic carbocycles. The third kappa shape index (κ3) is 3.23. The van der Waals surface area contributed by atoms with Crippen LogP contribution in [0.5, 0.6) is 5.75 Å². The van der Waals surface area contributed by atoms with Crippen molar-refractivity contribution in [3.63, 3.8) is 0 Å². The molecule has 0 saturated carbocycles. The van der Waals surface area contributed by atoms with Crippen molar-refractivity contribution in [1.82, 2.24) is 0 Å². The highest BCUT2D eigenvalue weighted by molar-refractivity contribution is 5.41. The zero-order valence-electron chi connectivity index (χ0n) is 18.2. The summed E-state index contributed by atoms with van der Waals surface area (Å²) in [5, 5.41) is 12.5. The molecule has 0 aliphatic carbocycles. The first-order chi connectivity index (χ1) is 14.5. The van der Waals surface area contributed by atoms with Crippen LogP contribution in [0.2, 0.25) is 0 Å². The van der Waals surface area contributed by atoms with E-state index in [-0.39, 0.29) is 23.9 Å². The Kier molecular flexibility index (Phi) is 5.68. The van der Waals surface area contributed by atoms with Crippen LogP contribution >= 0.6 is 0 Å². The number of methoxy groups -OCH3 is 1. The van der Waals surface area contributed by atoms with E-state index < -0.39 is 5.60 Å². The van der Waals surface area contributed by atoms with Crippen LogP contribution in [0, 0.1) is 11.8 Å². The fourth-order valence-electron chi connectivity index (χ4n) is 5.79. The molecule has 156 valence electrons. The van der Waals surface area contributed by atoms with E-state index in [0.29, 0.717) is 0 Å². The van der Waals surface area contributed by atoms with Gasteiger partial charge in [0.25, 0.3) is 0 Å². The maximum Gasteiger partial charge on any atom is 0.124 e. The second-order valence-electron chi connectivity index (χ2n) is 8.62. The first kappa shape index (κ1) is 20.6. The average Bonchev–Trinajstić information content (AvgIpc) is 2.79. The van der Waals surface area contributed by atoms with Gasteiger partial charge in [-0.2, -0.15) is 0 Å². The van der Waals surface area contributed by atoms with Gasteiger partial charge >= 0.3 is 0 Å². The molecule has 0 spiro atoms. The monoisotopic (exact) mass is 402 g/mol. The second kappa shape index (κ2) is 8.25. The summed E-state index contributed by atoms with van der Waals surface area (Å²) < 4.78 is 5.70. The molecule has 0 aromatic heterocycles. The summed E-state index contributed by atoms with van der Waals surface area (Å²) >= 11 is 0. The van der Waals surface area contributed by atoms with Crippen LogP contribution in [-0.2, 0) is 5.60 Å². The molecule has 1 saturated heterocycles. The molecule has 4 atom stereocenters. The summed E-state index contributed by atoms with van der Waals surface area (Å²) in [5.41, 5.74) is 2.35. The predicted octanol–water partition coefficient (Wildman–Crippen LogP) is 4.17. The number of nitrogens with one attached hydrogen (secondary N) is 1. The van der Waals surface area contributed by atoms with Gasteiger partial charge < -0.3 is 14.7 Å².